The summed E-state index contributed by atoms with van der Waals surface area (Å²) in [6, 6.07) is 0. The molecule has 8 nitrogen and oxygen atoms in total. The van der Waals surface area contributed by atoms with E-state index in [4.69, 9.17) is 11.6 Å². The molecule has 1 atom stereocenters. The van der Waals surface area contributed by atoms with E-state index in [0.717, 1.165) is 0 Å². The number of fused-ring (bicyclic) bond motifs is 2. The standard InChI is InChI=1S/C19H14ClFN6O2.C3H6/c20-17-16(12-6-27-7-13(23-8-28)25-14(27)5-22-12)11-4-24-26-19(11)15(18(17)21)9-1-2-10(29)3-9;1-2-3-1/h3-8,10,29H,1-2H2,(H,23,28)(H,24,26);1-3H2. The Kier molecular flexibility index (Phi) is 5.36. The van der Waals surface area contributed by atoms with E-state index in [1.165, 1.54) is 25.5 Å². The molecule has 10 heteroatoms. The van der Waals surface area contributed by atoms with Gasteiger partial charge in [0.15, 0.2) is 17.3 Å². The predicted molar refractivity (Wildman–Crippen MR) is 120 cm³/mol. The number of carbonyl (C=O) groups is 1. The van der Waals surface area contributed by atoms with Crippen molar-refractivity contribution in [3.8, 4) is 11.3 Å². The van der Waals surface area contributed by atoms with Crippen molar-refractivity contribution in [1.82, 2.24) is 24.6 Å². The summed E-state index contributed by atoms with van der Waals surface area (Å²) in [6.07, 6.45) is 13.5. The number of aromatic nitrogens is 5. The van der Waals surface area contributed by atoms with Crippen molar-refractivity contribution in [1.29, 1.82) is 0 Å². The van der Waals surface area contributed by atoms with Gasteiger partial charge in [-0.25, -0.2) is 9.37 Å². The minimum atomic E-state index is -0.597. The number of allylic oxidation sites excluding steroid dienone is 1. The lowest BCUT2D eigenvalue weighted by molar-refractivity contribution is -0.105. The number of anilines is 1. The van der Waals surface area contributed by atoms with Gasteiger partial charge in [-0.15, -0.1) is 0 Å². The van der Waals surface area contributed by atoms with Gasteiger partial charge in [-0.05, 0) is 18.4 Å². The van der Waals surface area contributed by atoms with Gasteiger partial charge in [0, 0.05) is 22.7 Å². The highest BCUT2D eigenvalue weighted by Gasteiger charge is 2.26. The second-order valence-electron chi connectivity index (χ2n) is 7.82. The Labute approximate surface area is 187 Å². The number of amides is 1. The Bertz CT molecular complexity index is 1360. The Morgan fingerprint density at radius 1 is 1.25 bits per heavy atom. The molecule has 0 bridgehead atoms. The van der Waals surface area contributed by atoms with E-state index in [1.54, 1.807) is 29.1 Å². The summed E-state index contributed by atoms with van der Waals surface area (Å²) in [4.78, 5) is 19.2. The maximum absolute atomic E-state index is 15.4. The van der Waals surface area contributed by atoms with Gasteiger partial charge in [-0.3, -0.25) is 14.9 Å². The lowest BCUT2D eigenvalue weighted by Crippen LogP contribution is -1.98. The third kappa shape index (κ3) is 3.74. The molecule has 4 aromatic rings. The normalized spacial score (nSPS) is 17.2. The zero-order valence-corrected chi connectivity index (χ0v) is 17.7. The first-order valence-electron chi connectivity index (χ1n) is 10.3. The Hall–Kier alpha value is -3.30. The van der Waals surface area contributed by atoms with E-state index in [1.807, 2.05) is 0 Å². The number of H-pyrrole nitrogens is 1. The predicted octanol–water partition coefficient (Wildman–Crippen LogP) is 4.34. The summed E-state index contributed by atoms with van der Waals surface area (Å²) in [6.45, 7) is 0. The Morgan fingerprint density at radius 2 is 2.06 bits per heavy atom. The van der Waals surface area contributed by atoms with Crippen molar-refractivity contribution in [3.05, 3.63) is 47.3 Å². The van der Waals surface area contributed by atoms with Crippen LogP contribution in [0.5, 0.6) is 0 Å². The number of halogens is 2. The Morgan fingerprint density at radius 3 is 2.75 bits per heavy atom. The van der Waals surface area contributed by atoms with Gasteiger partial charge >= 0.3 is 0 Å². The minimum Gasteiger partial charge on any atom is -0.389 e. The van der Waals surface area contributed by atoms with Crippen molar-refractivity contribution in [2.24, 2.45) is 0 Å². The molecule has 6 rings (SSSR count). The van der Waals surface area contributed by atoms with E-state index < -0.39 is 11.9 Å². The van der Waals surface area contributed by atoms with E-state index in [0.29, 0.717) is 64.0 Å². The molecule has 2 aliphatic carbocycles. The van der Waals surface area contributed by atoms with Crippen LogP contribution in [0.15, 0.2) is 30.9 Å². The van der Waals surface area contributed by atoms with Gasteiger partial charge in [0.25, 0.3) is 0 Å². The molecule has 0 spiro atoms. The summed E-state index contributed by atoms with van der Waals surface area (Å²) in [5.74, 6) is -0.221. The molecule has 0 saturated heterocycles. The van der Waals surface area contributed by atoms with Crippen LogP contribution in [-0.2, 0) is 4.79 Å². The number of rotatable bonds is 4. The number of hydrogen-bond acceptors (Lipinski definition) is 5. The van der Waals surface area contributed by atoms with Crippen molar-refractivity contribution >= 4 is 46.0 Å². The first-order valence-corrected chi connectivity index (χ1v) is 10.7. The zero-order chi connectivity index (χ0) is 22.2. The number of imidazole rings is 1. The summed E-state index contributed by atoms with van der Waals surface area (Å²) in [7, 11) is 0. The third-order valence-corrected chi connectivity index (χ3v) is 5.73. The number of carbonyl (C=O) groups excluding carboxylic acids is 1. The van der Waals surface area contributed by atoms with E-state index in [-0.39, 0.29) is 5.02 Å². The second-order valence-corrected chi connectivity index (χ2v) is 8.20. The number of hydrogen-bond donors (Lipinski definition) is 3. The molecule has 1 aromatic carbocycles. The van der Waals surface area contributed by atoms with Gasteiger partial charge in [-0.2, -0.15) is 5.10 Å². The highest BCUT2D eigenvalue weighted by molar-refractivity contribution is 6.35. The fraction of sp³-hybridized carbons (Fsp3) is 0.273. The quantitative estimate of drug-likeness (QED) is 0.397. The van der Waals surface area contributed by atoms with Gasteiger partial charge in [-0.1, -0.05) is 36.9 Å². The molecule has 3 heterocycles. The van der Waals surface area contributed by atoms with Crippen LogP contribution in [0.3, 0.4) is 0 Å². The topological polar surface area (TPSA) is 108 Å². The number of benzene rings is 1. The number of aliphatic hydroxyl groups is 1. The van der Waals surface area contributed by atoms with Crippen LogP contribution in [-0.4, -0.2) is 42.2 Å². The van der Waals surface area contributed by atoms with Gasteiger partial charge in [0.2, 0.25) is 6.41 Å². The van der Waals surface area contributed by atoms with Crippen LogP contribution in [0.4, 0.5) is 10.2 Å². The number of aliphatic hydroxyl groups excluding tert-OH is 1. The van der Waals surface area contributed by atoms with Crippen LogP contribution in [0.2, 0.25) is 5.02 Å². The molecule has 0 aliphatic heterocycles. The molecule has 0 radical (unpaired) electrons. The minimum absolute atomic E-state index is 0.0746. The van der Waals surface area contributed by atoms with E-state index >= 15 is 4.39 Å². The zero-order valence-electron chi connectivity index (χ0n) is 17.0. The lowest BCUT2D eigenvalue weighted by Gasteiger charge is -2.13. The van der Waals surface area contributed by atoms with Crippen molar-refractivity contribution in [2.45, 2.75) is 38.2 Å². The molecule has 1 unspecified atom stereocenters. The molecule has 2 aliphatic rings. The number of nitrogens with zero attached hydrogens (tertiary/aromatic N) is 4. The molecule has 3 N–H and O–H groups in total. The van der Waals surface area contributed by atoms with Gasteiger partial charge in [0.05, 0.1) is 40.9 Å². The molecular formula is C22H20ClFN6O2. The molecule has 32 heavy (non-hydrogen) atoms. The maximum Gasteiger partial charge on any atom is 0.212 e. The molecule has 1 amide bonds. The van der Waals surface area contributed by atoms with Crippen molar-refractivity contribution < 1.29 is 14.3 Å². The number of aromatic amines is 1. The fourth-order valence-electron chi connectivity index (χ4n) is 3.73. The van der Waals surface area contributed by atoms with E-state index in [2.05, 4.69) is 25.5 Å². The lowest BCUT2D eigenvalue weighted by atomic mass is 9.97. The van der Waals surface area contributed by atoms with Crippen LogP contribution >= 0.6 is 11.6 Å². The van der Waals surface area contributed by atoms with Gasteiger partial charge in [0.1, 0.15) is 0 Å². The van der Waals surface area contributed by atoms with Crippen molar-refractivity contribution in [2.75, 3.05) is 5.32 Å². The average molecular weight is 455 g/mol. The van der Waals surface area contributed by atoms with Crippen LogP contribution in [0.25, 0.3) is 33.4 Å². The SMILES string of the molecule is C1CC1.O=CNc1cn2cc(-c3c(Cl)c(F)c(C4=CC(O)CC4)c4[nH]ncc34)ncc2n1. The summed E-state index contributed by atoms with van der Waals surface area (Å²) in [5.41, 5.74) is 2.85. The number of nitrogens with one attached hydrogen (secondary N) is 2. The second kappa shape index (κ2) is 8.33. The largest absolute Gasteiger partial charge is 0.389 e. The first-order chi connectivity index (χ1) is 15.6. The highest BCUT2D eigenvalue weighted by atomic mass is 35.5. The molecule has 164 valence electrons. The summed E-state index contributed by atoms with van der Waals surface area (Å²) >= 11 is 6.46. The first kappa shape index (κ1) is 20.6. The monoisotopic (exact) mass is 454 g/mol. The van der Waals surface area contributed by atoms with Gasteiger partial charge < -0.3 is 14.8 Å². The summed E-state index contributed by atoms with van der Waals surface area (Å²) < 4.78 is 17.0. The van der Waals surface area contributed by atoms with E-state index in [9.17, 15) is 9.90 Å². The van der Waals surface area contributed by atoms with Crippen LogP contribution in [0.1, 0.15) is 37.7 Å². The molecular weight excluding hydrogens is 435 g/mol. The van der Waals surface area contributed by atoms with Crippen molar-refractivity contribution in [3.63, 3.8) is 0 Å². The summed E-state index contributed by atoms with van der Waals surface area (Å²) in [5, 5.41) is 19.8. The average Bonchev–Trinajstić information content (AvgIpc) is 3.33. The van der Waals surface area contributed by atoms with Crippen LogP contribution in [0, 0.1) is 5.82 Å². The highest BCUT2D eigenvalue weighted by Crippen LogP contribution is 2.42. The smallest absolute Gasteiger partial charge is 0.212 e. The maximum atomic E-state index is 15.4. The fourth-order valence-corrected chi connectivity index (χ4v) is 4.03. The molecule has 3 aromatic heterocycles. The van der Waals surface area contributed by atoms with Crippen LogP contribution < -0.4 is 5.32 Å². The third-order valence-electron chi connectivity index (χ3n) is 5.37. The molecule has 1 fully saturated rings. The Balaban J connectivity index is 0.000000666. The molecule has 1 saturated carbocycles.